The van der Waals surface area contributed by atoms with Crippen LogP contribution in [0, 0.1) is 12.7 Å². The first-order valence-electron chi connectivity index (χ1n) is 10.2. The molecule has 0 unspecified atom stereocenters. The molecular formula is C21H18ClF4N5O4. The van der Waals surface area contributed by atoms with Gasteiger partial charge in [0.05, 0.1) is 24.4 Å². The Morgan fingerprint density at radius 2 is 2.09 bits per heavy atom. The average Bonchev–Trinajstić information content (AvgIpc) is 3.13. The Balaban J connectivity index is 1.81. The molecule has 1 aliphatic rings. The predicted octanol–water partition coefficient (Wildman–Crippen LogP) is 3.64. The molecule has 0 saturated carbocycles. The van der Waals surface area contributed by atoms with Crippen molar-refractivity contribution in [3.8, 4) is 11.4 Å². The van der Waals surface area contributed by atoms with Gasteiger partial charge in [-0.2, -0.15) is 17.9 Å². The second-order valence-electron chi connectivity index (χ2n) is 7.66. The molecule has 4 rings (SSSR count). The Labute approximate surface area is 200 Å². The van der Waals surface area contributed by atoms with Crippen molar-refractivity contribution in [1.82, 2.24) is 19.3 Å². The zero-order valence-electron chi connectivity index (χ0n) is 18.3. The number of hydrogen-bond donors (Lipinski definition) is 1. The fourth-order valence-electron chi connectivity index (χ4n) is 3.34. The minimum Gasteiger partial charge on any atom is -0.480 e. The van der Waals surface area contributed by atoms with Gasteiger partial charge in [0.15, 0.2) is 17.1 Å². The molecule has 3 heterocycles. The lowest BCUT2D eigenvalue weighted by Crippen LogP contribution is -2.32. The number of nitrogens with one attached hydrogen (secondary N) is 1. The van der Waals surface area contributed by atoms with Gasteiger partial charge in [0.1, 0.15) is 23.9 Å². The van der Waals surface area contributed by atoms with E-state index >= 15 is 4.39 Å². The summed E-state index contributed by atoms with van der Waals surface area (Å²) in [5.74, 6) is -2.48. The van der Waals surface area contributed by atoms with Gasteiger partial charge >= 0.3 is 11.9 Å². The highest BCUT2D eigenvalue weighted by atomic mass is 35.5. The number of aryl methyl sites for hydroxylation is 1. The molecule has 3 aromatic rings. The number of ether oxygens (including phenoxy) is 2. The first-order chi connectivity index (χ1) is 16.5. The number of anilines is 1. The van der Waals surface area contributed by atoms with Crippen LogP contribution in [0.25, 0.3) is 5.69 Å². The first-order valence-corrected chi connectivity index (χ1v) is 10.6. The maximum absolute atomic E-state index is 15.2. The summed E-state index contributed by atoms with van der Waals surface area (Å²) in [6, 6.07) is 3.04. The number of amides is 1. The second kappa shape index (κ2) is 9.30. The summed E-state index contributed by atoms with van der Waals surface area (Å²) in [7, 11) is 0. The van der Waals surface area contributed by atoms with Gasteiger partial charge < -0.3 is 14.8 Å². The van der Waals surface area contributed by atoms with Gasteiger partial charge in [-0.25, -0.2) is 14.2 Å². The van der Waals surface area contributed by atoms with Gasteiger partial charge in [-0.15, -0.1) is 5.10 Å². The lowest BCUT2D eigenvalue weighted by atomic mass is 10.1. The number of rotatable bonds is 5. The molecule has 0 bridgehead atoms. The molecule has 1 aliphatic heterocycles. The van der Waals surface area contributed by atoms with Crippen LogP contribution < -0.4 is 15.7 Å². The summed E-state index contributed by atoms with van der Waals surface area (Å²) in [4.78, 5) is 29.5. The lowest BCUT2D eigenvalue weighted by Gasteiger charge is -2.20. The van der Waals surface area contributed by atoms with Gasteiger partial charge in [0.2, 0.25) is 0 Å². The number of halogens is 5. The fourth-order valence-corrected chi connectivity index (χ4v) is 3.59. The molecule has 1 atom stereocenters. The number of aromatic nitrogens is 4. The van der Waals surface area contributed by atoms with E-state index < -0.39 is 46.7 Å². The maximum atomic E-state index is 15.2. The number of alkyl halides is 3. The maximum Gasteiger partial charge on any atom is 0.425 e. The zero-order valence-corrected chi connectivity index (χ0v) is 19.1. The van der Waals surface area contributed by atoms with Crippen LogP contribution in [-0.2, 0) is 17.9 Å². The van der Waals surface area contributed by atoms with Crippen LogP contribution in [0.3, 0.4) is 0 Å². The average molecular weight is 516 g/mol. The van der Waals surface area contributed by atoms with Crippen LogP contribution in [0.5, 0.6) is 5.75 Å². The molecule has 186 valence electrons. The first kappa shape index (κ1) is 24.7. The normalized spacial score (nSPS) is 14.4. The summed E-state index contributed by atoms with van der Waals surface area (Å²) in [6.07, 6.45) is -5.74. The van der Waals surface area contributed by atoms with E-state index in [1.165, 1.54) is 10.8 Å². The van der Waals surface area contributed by atoms with Gasteiger partial charge in [0, 0.05) is 12.3 Å². The van der Waals surface area contributed by atoms with E-state index in [4.69, 9.17) is 21.1 Å². The molecule has 35 heavy (non-hydrogen) atoms. The monoisotopic (exact) mass is 515 g/mol. The van der Waals surface area contributed by atoms with Gasteiger partial charge in [0.25, 0.3) is 5.91 Å². The Morgan fingerprint density at radius 1 is 1.34 bits per heavy atom. The van der Waals surface area contributed by atoms with E-state index in [9.17, 15) is 22.8 Å². The van der Waals surface area contributed by atoms with Crippen molar-refractivity contribution in [2.45, 2.75) is 39.3 Å². The van der Waals surface area contributed by atoms with Crippen molar-refractivity contribution in [2.24, 2.45) is 0 Å². The third-order valence-electron chi connectivity index (χ3n) is 5.27. The van der Waals surface area contributed by atoms with Gasteiger partial charge in [-0.3, -0.25) is 9.36 Å². The van der Waals surface area contributed by atoms with Crippen LogP contribution in [0.2, 0.25) is 5.15 Å². The van der Waals surface area contributed by atoms with E-state index in [0.717, 1.165) is 13.0 Å². The largest absolute Gasteiger partial charge is 0.480 e. The molecule has 0 spiro atoms. The highest BCUT2D eigenvalue weighted by Gasteiger charge is 2.39. The van der Waals surface area contributed by atoms with E-state index in [-0.39, 0.29) is 36.4 Å². The Bertz CT molecular complexity index is 1330. The molecule has 1 amide bonds. The van der Waals surface area contributed by atoms with Crippen LogP contribution in [0.15, 0.2) is 29.2 Å². The Hall–Kier alpha value is -3.45. The van der Waals surface area contributed by atoms with Crippen molar-refractivity contribution in [1.29, 1.82) is 0 Å². The van der Waals surface area contributed by atoms with Crippen LogP contribution in [0.4, 0.5) is 23.2 Å². The summed E-state index contributed by atoms with van der Waals surface area (Å²) >= 11 is 6.01. The quantitative estimate of drug-likeness (QED) is 0.411. The van der Waals surface area contributed by atoms with Crippen molar-refractivity contribution in [2.75, 3.05) is 11.9 Å². The van der Waals surface area contributed by atoms with Crippen molar-refractivity contribution >= 4 is 23.2 Å². The topological polar surface area (TPSA) is 100 Å². The van der Waals surface area contributed by atoms with E-state index in [2.05, 4.69) is 15.4 Å². The Morgan fingerprint density at radius 3 is 2.74 bits per heavy atom. The third-order valence-corrected chi connectivity index (χ3v) is 5.55. The third kappa shape index (κ3) is 4.86. The number of benzene rings is 1. The SMILES string of the molecule is Cc1ccnc(Cl)c1NC(=O)c1cc(F)c(-n2nc3n(c2=O)CCOC3)cc1O[C@@H](C)C(F)(F)F. The molecular weight excluding hydrogens is 498 g/mol. The summed E-state index contributed by atoms with van der Waals surface area (Å²) in [5.41, 5.74) is -1.15. The highest BCUT2D eigenvalue weighted by molar-refractivity contribution is 6.33. The van der Waals surface area contributed by atoms with E-state index in [0.29, 0.717) is 16.3 Å². The lowest BCUT2D eigenvalue weighted by molar-refractivity contribution is -0.189. The number of pyridine rings is 1. The van der Waals surface area contributed by atoms with Crippen molar-refractivity contribution in [3.05, 3.63) is 62.8 Å². The molecule has 0 radical (unpaired) electrons. The number of carbonyl (C=O) groups is 1. The van der Waals surface area contributed by atoms with E-state index in [1.54, 1.807) is 13.0 Å². The molecule has 1 N–H and O–H groups in total. The molecule has 2 aromatic heterocycles. The van der Waals surface area contributed by atoms with Crippen LogP contribution in [-0.4, -0.2) is 44.1 Å². The number of hydrogen-bond acceptors (Lipinski definition) is 6. The summed E-state index contributed by atoms with van der Waals surface area (Å²) < 4.78 is 67.0. The summed E-state index contributed by atoms with van der Waals surface area (Å²) in [6.45, 7) is 2.77. The number of fused-ring (bicyclic) bond motifs is 1. The van der Waals surface area contributed by atoms with Gasteiger partial charge in [-0.05, 0) is 31.5 Å². The molecule has 14 heteroatoms. The molecule has 9 nitrogen and oxygen atoms in total. The predicted molar refractivity (Wildman–Crippen MR) is 116 cm³/mol. The van der Waals surface area contributed by atoms with Crippen LogP contribution >= 0.6 is 11.6 Å². The molecule has 0 aliphatic carbocycles. The van der Waals surface area contributed by atoms with Crippen molar-refractivity contribution < 1.29 is 31.8 Å². The van der Waals surface area contributed by atoms with Crippen molar-refractivity contribution in [3.63, 3.8) is 0 Å². The highest BCUT2D eigenvalue weighted by Crippen LogP contribution is 2.32. The smallest absolute Gasteiger partial charge is 0.425 e. The number of carbonyl (C=O) groups excluding carboxylic acids is 1. The zero-order chi connectivity index (χ0) is 25.5. The van der Waals surface area contributed by atoms with Crippen LogP contribution in [0.1, 0.15) is 28.7 Å². The van der Waals surface area contributed by atoms with Gasteiger partial charge in [-0.1, -0.05) is 11.6 Å². The molecule has 1 aromatic carbocycles. The Kier molecular flexibility index (Phi) is 6.56. The standard InChI is InChI=1S/C21H18ClF4N5O4/c1-10-3-4-27-18(22)17(10)28-19(32)12-7-13(23)14(8-15(12)35-11(2)21(24,25)26)31-20(33)30-5-6-34-9-16(30)29-31/h3-4,7-8,11H,5-6,9H2,1-2H3,(H,28,32)/t11-/m0/s1. The molecule has 0 saturated heterocycles. The minimum absolute atomic E-state index is 0.00400. The van der Waals surface area contributed by atoms with E-state index in [1.807, 2.05) is 0 Å². The molecule has 0 fully saturated rings. The second-order valence-corrected chi connectivity index (χ2v) is 8.02. The fraction of sp³-hybridized carbons (Fsp3) is 0.333. The minimum atomic E-state index is -4.78. The number of nitrogens with zero attached hydrogens (tertiary/aromatic N) is 4. The summed E-state index contributed by atoms with van der Waals surface area (Å²) in [5, 5.41) is 6.36.